The van der Waals surface area contributed by atoms with Gasteiger partial charge in [0.25, 0.3) is 0 Å². The number of aliphatic imine (C=N–C) groups is 1. The summed E-state index contributed by atoms with van der Waals surface area (Å²) in [5.41, 5.74) is 0.432. The van der Waals surface area contributed by atoms with Gasteiger partial charge in [-0.1, -0.05) is 20.8 Å². The van der Waals surface area contributed by atoms with E-state index in [0.29, 0.717) is 5.41 Å². The molecule has 0 bridgehead atoms. The number of rotatable bonds is 5. The predicted octanol–water partition coefficient (Wildman–Crippen LogP) is 2.81. The molecule has 2 saturated heterocycles. The molecule has 2 fully saturated rings. The van der Waals surface area contributed by atoms with Crippen molar-refractivity contribution in [2.75, 3.05) is 45.8 Å². The second kappa shape index (κ2) is 8.19. The smallest absolute Gasteiger partial charge is 0.193 e. The maximum atomic E-state index is 4.97. The molecule has 0 spiro atoms. The Morgan fingerprint density at radius 2 is 1.91 bits per heavy atom. The molecule has 0 aliphatic carbocycles. The molecule has 0 aromatic heterocycles. The average molecular weight is 309 g/mol. The molecular formula is C18H36N4. The predicted molar refractivity (Wildman–Crippen MR) is 95.4 cm³/mol. The number of nitrogens with one attached hydrogen (secondary N) is 1. The van der Waals surface area contributed by atoms with E-state index >= 15 is 0 Å². The summed E-state index contributed by atoms with van der Waals surface area (Å²) in [4.78, 5) is 10.0. The summed E-state index contributed by atoms with van der Waals surface area (Å²) in [6.45, 7) is 17.2. The molecule has 0 unspecified atom stereocenters. The third-order valence-electron chi connectivity index (χ3n) is 5.06. The summed E-state index contributed by atoms with van der Waals surface area (Å²) in [6.07, 6.45) is 5.17. The number of guanidine groups is 1. The van der Waals surface area contributed by atoms with Crippen LogP contribution in [0.25, 0.3) is 0 Å². The lowest BCUT2D eigenvalue weighted by molar-refractivity contribution is 0.188. The zero-order valence-electron chi connectivity index (χ0n) is 15.2. The van der Waals surface area contributed by atoms with Crippen molar-refractivity contribution in [2.45, 2.75) is 53.4 Å². The number of likely N-dealkylation sites (tertiary alicyclic amines) is 2. The van der Waals surface area contributed by atoms with Crippen LogP contribution < -0.4 is 5.32 Å². The van der Waals surface area contributed by atoms with Gasteiger partial charge in [0.15, 0.2) is 5.96 Å². The highest BCUT2D eigenvalue weighted by atomic mass is 15.3. The van der Waals surface area contributed by atoms with Gasteiger partial charge in [-0.15, -0.1) is 0 Å². The van der Waals surface area contributed by atoms with Crippen LogP contribution in [0.4, 0.5) is 0 Å². The summed E-state index contributed by atoms with van der Waals surface area (Å²) in [5.74, 6) is 1.92. The fraction of sp³-hybridized carbons (Fsp3) is 0.944. The zero-order valence-corrected chi connectivity index (χ0v) is 15.2. The largest absolute Gasteiger partial charge is 0.357 e. The highest BCUT2D eigenvalue weighted by Crippen LogP contribution is 2.28. The minimum absolute atomic E-state index is 0.432. The van der Waals surface area contributed by atoms with Crippen LogP contribution >= 0.6 is 0 Å². The van der Waals surface area contributed by atoms with Crippen molar-refractivity contribution in [2.24, 2.45) is 16.3 Å². The first-order valence-corrected chi connectivity index (χ1v) is 9.29. The topological polar surface area (TPSA) is 30.9 Å². The van der Waals surface area contributed by atoms with Gasteiger partial charge in [0.2, 0.25) is 0 Å². The van der Waals surface area contributed by atoms with Gasteiger partial charge >= 0.3 is 0 Å². The first-order chi connectivity index (χ1) is 10.5. The fourth-order valence-corrected chi connectivity index (χ4v) is 3.64. The van der Waals surface area contributed by atoms with Gasteiger partial charge < -0.3 is 15.1 Å². The van der Waals surface area contributed by atoms with Crippen LogP contribution in [-0.2, 0) is 0 Å². The van der Waals surface area contributed by atoms with Gasteiger partial charge in [0.1, 0.15) is 0 Å². The third kappa shape index (κ3) is 5.15. The monoisotopic (exact) mass is 308 g/mol. The number of piperidine rings is 1. The minimum Gasteiger partial charge on any atom is -0.357 e. The van der Waals surface area contributed by atoms with E-state index in [4.69, 9.17) is 4.99 Å². The molecule has 0 saturated carbocycles. The van der Waals surface area contributed by atoms with Gasteiger partial charge in [-0.3, -0.25) is 4.99 Å². The van der Waals surface area contributed by atoms with E-state index < -0.39 is 0 Å². The van der Waals surface area contributed by atoms with Crippen molar-refractivity contribution in [3.05, 3.63) is 0 Å². The summed E-state index contributed by atoms with van der Waals surface area (Å²) in [5, 5.41) is 3.50. The van der Waals surface area contributed by atoms with Gasteiger partial charge in [-0.05, 0) is 63.6 Å². The molecule has 4 heteroatoms. The van der Waals surface area contributed by atoms with Crippen molar-refractivity contribution in [1.29, 1.82) is 0 Å². The standard InChI is InChI=1S/C18H36N4/c1-5-10-21-11-7-16(8-12-21)14-20-17(19-6-2)22-13-9-18(3,4)15-22/h16H,5-15H2,1-4H3,(H,19,20). The third-order valence-corrected chi connectivity index (χ3v) is 5.06. The molecule has 2 heterocycles. The molecule has 4 nitrogen and oxygen atoms in total. The summed E-state index contributed by atoms with van der Waals surface area (Å²) in [6, 6.07) is 0. The SMILES string of the molecule is CCCN1CCC(CN=C(NCC)N2CCC(C)(C)C2)CC1. The Morgan fingerprint density at radius 1 is 1.18 bits per heavy atom. The summed E-state index contributed by atoms with van der Waals surface area (Å²) >= 11 is 0. The number of hydrogen-bond acceptors (Lipinski definition) is 2. The lowest BCUT2D eigenvalue weighted by Gasteiger charge is -2.31. The van der Waals surface area contributed by atoms with E-state index in [9.17, 15) is 0 Å². The van der Waals surface area contributed by atoms with Crippen molar-refractivity contribution < 1.29 is 0 Å². The zero-order chi connectivity index (χ0) is 16.0. The summed E-state index contributed by atoms with van der Waals surface area (Å²) < 4.78 is 0. The van der Waals surface area contributed by atoms with Crippen LogP contribution in [0, 0.1) is 11.3 Å². The Balaban J connectivity index is 1.83. The number of hydrogen-bond donors (Lipinski definition) is 1. The minimum atomic E-state index is 0.432. The first-order valence-electron chi connectivity index (χ1n) is 9.29. The van der Waals surface area contributed by atoms with E-state index in [1.165, 1.54) is 45.3 Å². The summed E-state index contributed by atoms with van der Waals surface area (Å²) in [7, 11) is 0. The van der Waals surface area contributed by atoms with Crippen LogP contribution in [-0.4, -0.2) is 61.6 Å². The molecule has 1 N–H and O–H groups in total. The first kappa shape index (κ1) is 17.6. The molecule has 0 aromatic rings. The van der Waals surface area contributed by atoms with Crippen LogP contribution in [0.5, 0.6) is 0 Å². The molecule has 22 heavy (non-hydrogen) atoms. The van der Waals surface area contributed by atoms with Gasteiger partial charge in [-0.25, -0.2) is 0 Å². The van der Waals surface area contributed by atoms with Gasteiger partial charge in [0.05, 0.1) is 0 Å². The van der Waals surface area contributed by atoms with Crippen LogP contribution in [0.3, 0.4) is 0 Å². The van der Waals surface area contributed by atoms with Crippen molar-refractivity contribution in [3.63, 3.8) is 0 Å². The average Bonchev–Trinajstić information content (AvgIpc) is 2.85. The Hall–Kier alpha value is -0.770. The lowest BCUT2D eigenvalue weighted by Crippen LogP contribution is -2.41. The number of nitrogens with zero attached hydrogens (tertiary/aromatic N) is 3. The normalized spacial score (nSPS) is 24.0. The van der Waals surface area contributed by atoms with E-state index in [1.807, 2.05) is 0 Å². The molecule has 2 aliphatic heterocycles. The van der Waals surface area contributed by atoms with Crippen molar-refractivity contribution in [3.8, 4) is 0 Å². The van der Waals surface area contributed by atoms with Crippen LogP contribution in [0.15, 0.2) is 4.99 Å². The molecule has 0 aromatic carbocycles. The molecule has 2 rings (SSSR count). The quantitative estimate of drug-likeness (QED) is 0.626. The highest BCUT2D eigenvalue weighted by molar-refractivity contribution is 5.80. The lowest BCUT2D eigenvalue weighted by atomic mass is 9.93. The van der Waals surface area contributed by atoms with E-state index in [-0.39, 0.29) is 0 Å². The second-order valence-corrected chi connectivity index (χ2v) is 7.82. The Bertz CT molecular complexity index is 356. The maximum Gasteiger partial charge on any atom is 0.193 e. The highest BCUT2D eigenvalue weighted by Gasteiger charge is 2.31. The maximum absolute atomic E-state index is 4.97. The fourth-order valence-electron chi connectivity index (χ4n) is 3.64. The van der Waals surface area contributed by atoms with Crippen LogP contribution in [0.2, 0.25) is 0 Å². The molecule has 0 amide bonds. The molecule has 128 valence electrons. The van der Waals surface area contributed by atoms with Crippen LogP contribution in [0.1, 0.15) is 53.4 Å². The van der Waals surface area contributed by atoms with E-state index in [1.54, 1.807) is 0 Å². The molecule has 0 atom stereocenters. The van der Waals surface area contributed by atoms with E-state index in [0.717, 1.165) is 38.1 Å². The Morgan fingerprint density at radius 3 is 2.45 bits per heavy atom. The van der Waals surface area contributed by atoms with E-state index in [2.05, 4.69) is 42.8 Å². The van der Waals surface area contributed by atoms with Gasteiger partial charge in [0, 0.05) is 26.2 Å². The molecule has 2 aliphatic rings. The molecule has 0 radical (unpaired) electrons. The Labute approximate surface area is 137 Å². The van der Waals surface area contributed by atoms with Gasteiger partial charge in [-0.2, -0.15) is 0 Å². The molecular weight excluding hydrogens is 272 g/mol. The van der Waals surface area contributed by atoms with Crippen molar-refractivity contribution in [1.82, 2.24) is 15.1 Å². The van der Waals surface area contributed by atoms with Crippen molar-refractivity contribution >= 4 is 5.96 Å². The Kier molecular flexibility index (Phi) is 6.54. The second-order valence-electron chi connectivity index (χ2n) is 7.82.